The fourth-order valence-electron chi connectivity index (χ4n) is 1.08. The van der Waals surface area contributed by atoms with Gasteiger partial charge >= 0.3 is 41.5 Å². The van der Waals surface area contributed by atoms with Gasteiger partial charge in [-0.2, -0.15) is 0 Å². The molecule has 0 saturated carbocycles. The van der Waals surface area contributed by atoms with Crippen molar-refractivity contribution in [2.45, 2.75) is 25.3 Å². The molecule has 0 saturated heterocycles. The van der Waals surface area contributed by atoms with Crippen LogP contribution >= 0.6 is 0 Å². The standard InChI is InChI=1S/C8H7O.C5H9NO4.Na/c9-7-6-8-4-2-1-3-5-8;6-3(5(9)10)1-2-4(7)8;/h1-5H,6H2;3H,1-2,6H2,(H,7,8)(H,9,10);/q-1;;+1/t;3-;/m.0./s1. The summed E-state index contributed by atoms with van der Waals surface area (Å²) in [4.78, 5) is 29.7. The molecular weight excluding hydrogens is 273 g/mol. The molecule has 0 bridgehead atoms. The van der Waals surface area contributed by atoms with Crippen molar-refractivity contribution in [3.8, 4) is 0 Å². The Morgan fingerprint density at radius 1 is 1.20 bits per heavy atom. The molecule has 0 aliphatic carbocycles. The van der Waals surface area contributed by atoms with Crippen molar-refractivity contribution in [1.82, 2.24) is 0 Å². The van der Waals surface area contributed by atoms with E-state index in [9.17, 15) is 14.4 Å². The Balaban J connectivity index is 0. The maximum atomic E-state index is 9.99. The van der Waals surface area contributed by atoms with Gasteiger partial charge in [-0.3, -0.25) is 15.9 Å². The molecule has 0 aliphatic heterocycles. The molecule has 1 atom stereocenters. The van der Waals surface area contributed by atoms with Crippen molar-refractivity contribution < 1.29 is 54.2 Å². The minimum absolute atomic E-state index is 0. The van der Waals surface area contributed by atoms with Crippen LogP contribution in [0.5, 0.6) is 0 Å². The van der Waals surface area contributed by atoms with Gasteiger partial charge in [0.25, 0.3) is 0 Å². The molecule has 0 spiro atoms. The van der Waals surface area contributed by atoms with Crippen molar-refractivity contribution >= 4 is 18.2 Å². The number of hydrogen-bond acceptors (Lipinski definition) is 4. The fraction of sp³-hybridized carbons (Fsp3) is 0.308. The molecule has 0 amide bonds. The molecule has 0 unspecified atom stereocenters. The summed E-state index contributed by atoms with van der Waals surface area (Å²) in [5, 5.41) is 16.3. The number of carbonyl (C=O) groups is 2. The number of aliphatic carboxylic acids is 2. The summed E-state index contributed by atoms with van der Waals surface area (Å²) in [7, 11) is 0. The topological polar surface area (TPSA) is 118 Å². The molecule has 0 aliphatic rings. The van der Waals surface area contributed by atoms with Crippen LogP contribution in [0.1, 0.15) is 18.4 Å². The maximum absolute atomic E-state index is 9.99. The van der Waals surface area contributed by atoms with Crippen LogP contribution in [0.15, 0.2) is 30.3 Å². The van der Waals surface area contributed by atoms with Crippen molar-refractivity contribution in [2.75, 3.05) is 0 Å². The van der Waals surface area contributed by atoms with Crippen molar-refractivity contribution in [2.24, 2.45) is 5.73 Å². The zero-order valence-corrected chi connectivity index (χ0v) is 13.3. The zero-order chi connectivity index (χ0) is 14.7. The first-order valence-corrected chi connectivity index (χ1v) is 5.56. The van der Waals surface area contributed by atoms with Crippen LogP contribution in [0.25, 0.3) is 0 Å². The first-order chi connectivity index (χ1) is 8.97. The van der Waals surface area contributed by atoms with Gasteiger partial charge in [0, 0.05) is 6.42 Å². The first kappa shape index (κ1) is 21.1. The summed E-state index contributed by atoms with van der Waals surface area (Å²) in [5.41, 5.74) is 6.02. The van der Waals surface area contributed by atoms with E-state index >= 15 is 0 Å². The third kappa shape index (κ3) is 11.9. The number of hydrogen-bond donors (Lipinski definition) is 3. The van der Waals surface area contributed by atoms with E-state index < -0.39 is 18.0 Å². The Bertz CT molecular complexity index is 410. The Hall–Kier alpha value is -1.21. The van der Waals surface area contributed by atoms with E-state index in [1.165, 1.54) is 0 Å². The van der Waals surface area contributed by atoms with Crippen LogP contribution in [0, 0.1) is 0 Å². The first-order valence-electron chi connectivity index (χ1n) is 5.56. The van der Waals surface area contributed by atoms with Gasteiger partial charge in [0.15, 0.2) is 0 Å². The molecule has 7 heteroatoms. The zero-order valence-electron chi connectivity index (χ0n) is 11.3. The number of benzene rings is 1. The second-order valence-corrected chi connectivity index (χ2v) is 3.68. The van der Waals surface area contributed by atoms with Crippen LogP contribution in [0.2, 0.25) is 0 Å². The maximum Gasteiger partial charge on any atom is 1.00 e. The van der Waals surface area contributed by atoms with Gasteiger partial charge in [0.2, 0.25) is 0 Å². The number of rotatable bonds is 6. The van der Waals surface area contributed by atoms with E-state index in [2.05, 4.69) is 0 Å². The third-order valence-corrected chi connectivity index (χ3v) is 2.11. The van der Waals surface area contributed by atoms with Gasteiger partial charge in [-0.1, -0.05) is 35.9 Å². The molecule has 0 fully saturated rings. The van der Waals surface area contributed by atoms with Crippen molar-refractivity contribution in [3.05, 3.63) is 35.9 Å². The van der Waals surface area contributed by atoms with Crippen LogP contribution in [-0.2, 0) is 20.8 Å². The quantitative estimate of drug-likeness (QED) is 0.397. The van der Waals surface area contributed by atoms with Gasteiger partial charge in [-0.25, -0.2) is 0 Å². The largest absolute Gasteiger partial charge is 1.00 e. The number of nitrogens with two attached hydrogens (primary N) is 1. The Morgan fingerprint density at radius 2 is 1.75 bits per heavy atom. The minimum atomic E-state index is -1.17. The predicted molar refractivity (Wildman–Crippen MR) is 68.3 cm³/mol. The minimum Gasteiger partial charge on any atom is -0.541 e. The van der Waals surface area contributed by atoms with Crippen LogP contribution in [-0.4, -0.2) is 34.5 Å². The van der Waals surface area contributed by atoms with Gasteiger partial charge < -0.3 is 20.7 Å². The van der Waals surface area contributed by atoms with E-state index in [-0.39, 0.29) is 42.4 Å². The molecular formula is C13H16NNaO5. The van der Waals surface area contributed by atoms with Crippen LogP contribution in [0.3, 0.4) is 0 Å². The molecule has 0 heterocycles. The Labute approximate surface area is 139 Å². The monoisotopic (exact) mass is 289 g/mol. The average Bonchev–Trinajstić information content (AvgIpc) is 2.38. The predicted octanol–water partition coefficient (Wildman–Crippen LogP) is -2.39. The molecule has 20 heavy (non-hydrogen) atoms. The van der Waals surface area contributed by atoms with E-state index in [1.54, 1.807) is 0 Å². The summed E-state index contributed by atoms with van der Waals surface area (Å²) >= 11 is 0. The normalized spacial score (nSPS) is 10.2. The summed E-state index contributed by atoms with van der Waals surface area (Å²) in [6.45, 7) is 0. The van der Waals surface area contributed by atoms with E-state index in [0.29, 0.717) is 6.42 Å². The van der Waals surface area contributed by atoms with Crippen molar-refractivity contribution in [1.29, 1.82) is 0 Å². The molecule has 1 aromatic rings. The molecule has 1 aromatic carbocycles. The number of carbonyl (C=O) groups excluding carboxylic acids is 1. The van der Waals surface area contributed by atoms with Crippen molar-refractivity contribution in [3.63, 3.8) is 0 Å². The molecule has 104 valence electrons. The molecule has 4 N–H and O–H groups in total. The summed E-state index contributed by atoms with van der Waals surface area (Å²) in [6.07, 6.45) is 2.01. The van der Waals surface area contributed by atoms with Gasteiger partial charge in [0.1, 0.15) is 6.04 Å². The van der Waals surface area contributed by atoms with E-state index in [4.69, 9.17) is 15.9 Å². The SMILES string of the molecule is N[C@@H](CCC(=O)O)C(=O)O.O=[C-]Cc1ccccc1.[Na+]. The molecule has 1 rings (SSSR count). The fourth-order valence-corrected chi connectivity index (χ4v) is 1.08. The second-order valence-electron chi connectivity index (χ2n) is 3.68. The van der Waals surface area contributed by atoms with E-state index in [1.807, 2.05) is 36.6 Å². The number of carboxylic acids is 2. The Kier molecular flexibility index (Phi) is 13.5. The number of carboxylic acid groups (broad SMARTS) is 2. The summed E-state index contributed by atoms with van der Waals surface area (Å²) in [6, 6.07) is 8.50. The van der Waals surface area contributed by atoms with Gasteiger partial charge in [-0.05, 0) is 6.42 Å². The van der Waals surface area contributed by atoms with Crippen LogP contribution in [0.4, 0.5) is 0 Å². The summed E-state index contributed by atoms with van der Waals surface area (Å²) in [5.74, 6) is -2.20. The molecule has 6 nitrogen and oxygen atoms in total. The van der Waals surface area contributed by atoms with Crippen LogP contribution < -0.4 is 35.3 Å². The second kappa shape index (κ2) is 12.8. The smallest absolute Gasteiger partial charge is 0.541 e. The molecule has 0 radical (unpaired) electrons. The third-order valence-electron chi connectivity index (χ3n) is 2.11. The average molecular weight is 289 g/mol. The van der Waals surface area contributed by atoms with Gasteiger partial charge in [0.05, 0.1) is 0 Å². The summed E-state index contributed by atoms with van der Waals surface area (Å²) < 4.78 is 0. The van der Waals surface area contributed by atoms with Gasteiger partial charge in [-0.15, -0.1) is 6.42 Å². The molecule has 0 aromatic heterocycles. The van der Waals surface area contributed by atoms with E-state index in [0.717, 1.165) is 5.56 Å². The Morgan fingerprint density at radius 3 is 2.15 bits per heavy atom.